The minimum absolute atomic E-state index is 0.157. The highest BCUT2D eigenvalue weighted by atomic mass is 32.1. The molecular weight excluding hydrogens is 244 g/mol. The molecule has 0 aliphatic carbocycles. The molecule has 0 saturated carbocycles. The van der Waals surface area contributed by atoms with Crippen LogP contribution >= 0.6 is 11.3 Å². The van der Waals surface area contributed by atoms with Crippen LogP contribution in [0, 0.1) is 11.3 Å². The van der Waals surface area contributed by atoms with E-state index in [1.807, 2.05) is 31.2 Å². The normalized spacial score (nSPS) is 12.0. The van der Waals surface area contributed by atoms with Crippen molar-refractivity contribution in [3.63, 3.8) is 0 Å². The lowest BCUT2D eigenvalue weighted by molar-refractivity contribution is 0.472. The van der Waals surface area contributed by atoms with Gasteiger partial charge in [-0.25, -0.2) is 0 Å². The summed E-state index contributed by atoms with van der Waals surface area (Å²) in [5.74, 6) is 0.282. The van der Waals surface area contributed by atoms with Gasteiger partial charge in [-0.3, -0.25) is 0 Å². The highest BCUT2D eigenvalue weighted by Crippen LogP contribution is 2.20. The van der Waals surface area contributed by atoms with Gasteiger partial charge in [-0.1, -0.05) is 12.1 Å². The van der Waals surface area contributed by atoms with Gasteiger partial charge in [0.25, 0.3) is 0 Å². The van der Waals surface area contributed by atoms with Crippen LogP contribution in [0.1, 0.15) is 28.3 Å². The van der Waals surface area contributed by atoms with Crippen LogP contribution < -0.4 is 5.32 Å². The molecule has 1 heterocycles. The zero-order valence-electron chi connectivity index (χ0n) is 10.1. The topological polar surface area (TPSA) is 56.0 Å². The first kappa shape index (κ1) is 12.6. The van der Waals surface area contributed by atoms with Gasteiger partial charge < -0.3 is 10.4 Å². The van der Waals surface area contributed by atoms with Crippen molar-refractivity contribution in [2.24, 2.45) is 0 Å². The molecule has 0 amide bonds. The van der Waals surface area contributed by atoms with Crippen molar-refractivity contribution >= 4 is 11.3 Å². The first-order valence-corrected chi connectivity index (χ1v) is 6.52. The molecule has 0 fully saturated rings. The lowest BCUT2D eigenvalue weighted by Crippen LogP contribution is -2.17. The zero-order valence-corrected chi connectivity index (χ0v) is 10.9. The van der Waals surface area contributed by atoms with E-state index < -0.39 is 0 Å². The molecule has 4 heteroatoms. The number of benzene rings is 1. The average Bonchev–Trinajstić information content (AvgIpc) is 2.84. The monoisotopic (exact) mass is 258 g/mol. The fourth-order valence-electron chi connectivity index (χ4n) is 1.70. The maximum Gasteiger partial charge on any atom is 0.115 e. The van der Waals surface area contributed by atoms with Gasteiger partial charge in [-0.05, 0) is 36.8 Å². The Hall–Kier alpha value is -1.83. The van der Waals surface area contributed by atoms with Gasteiger partial charge in [-0.2, -0.15) is 5.26 Å². The van der Waals surface area contributed by atoms with Crippen LogP contribution in [0.2, 0.25) is 0 Å². The molecule has 0 aliphatic rings. The first-order chi connectivity index (χ1) is 8.69. The van der Waals surface area contributed by atoms with Gasteiger partial charge in [0.05, 0.1) is 0 Å². The summed E-state index contributed by atoms with van der Waals surface area (Å²) in [4.78, 5) is 1.87. The summed E-state index contributed by atoms with van der Waals surface area (Å²) in [6.45, 7) is 2.77. The minimum Gasteiger partial charge on any atom is -0.508 e. The molecule has 2 N–H and O–H groups in total. The molecule has 1 aromatic carbocycles. The minimum atomic E-state index is 0.157. The fourth-order valence-corrected chi connectivity index (χ4v) is 2.45. The number of nitrogens with one attached hydrogen (secondary N) is 1. The standard InChI is InChI=1S/C14H14N2OS/c1-10(11-3-2-4-12(17)7-11)16-9-14-6-5-13(8-15)18-14/h2-7,10,16-17H,9H2,1H3. The largest absolute Gasteiger partial charge is 0.508 e. The number of hydrogen-bond donors (Lipinski definition) is 2. The van der Waals surface area contributed by atoms with Crippen LogP contribution in [0.3, 0.4) is 0 Å². The summed E-state index contributed by atoms with van der Waals surface area (Å²) >= 11 is 1.50. The Bertz CT molecular complexity index is 571. The molecule has 1 atom stereocenters. The van der Waals surface area contributed by atoms with Crippen molar-refractivity contribution in [3.05, 3.63) is 51.7 Å². The number of nitrogens with zero attached hydrogens (tertiary/aromatic N) is 1. The molecule has 0 radical (unpaired) electrons. The third kappa shape index (κ3) is 3.10. The Labute approximate surface area is 110 Å². The van der Waals surface area contributed by atoms with Crippen molar-refractivity contribution in [1.82, 2.24) is 5.32 Å². The van der Waals surface area contributed by atoms with Gasteiger partial charge in [0.1, 0.15) is 16.7 Å². The van der Waals surface area contributed by atoms with Crippen LogP contribution in [0.5, 0.6) is 5.75 Å². The fraction of sp³-hybridized carbons (Fsp3) is 0.214. The lowest BCUT2D eigenvalue weighted by atomic mass is 10.1. The second-order valence-electron chi connectivity index (χ2n) is 4.08. The third-order valence-electron chi connectivity index (χ3n) is 2.72. The summed E-state index contributed by atoms with van der Waals surface area (Å²) in [7, 11) is 0. The summed E-state index contributed by atoms with van der Waals surface area (Å²) in [5.41, 5.74) is 1.05. The highest BCUT2D eigenvalue weighted by molar-refractivity contribution is 7.12. The molecular formula is C14H14N2OS. The van der Waals surface area contributed by atoms with Crippen molar-refractivity contribution in [1.29, 1.82) is 5.26 Å². The Morgan fingerprint density at radius 3 is 2.89 bits per heavy atom. The maximum atomic E-state index is 9.42. The quantitative estimate of drug-likeness (QED) is 0.885. The summed E-state index contributed by atoms with van der Waals surface area (Å²) in [5, 5.41) is 21.5. The van der Waals surface area contributed by atoms with E-state index in [0.29, 0.717) is 0 Å². The molecule has 2 rings (SSSR count). The number of nitriles is 1. The number of rotatable bonds is 4. The number of phenolic OH excluding ortho intramolecular Hbond substituents is 1. The van der Waals surface area contributed by atoms with Crippen molar-refractivity contribution in [2.75, 3.05) is 0 Å². The van der Waals surface area contributed by atoms with Gasteiger partial charge in [-0.15, -0.1) is 11.3 Å². The molecule has 0 saturated heterocycles. The van der Waals surface area contributed by atoms with E-state index in [2.05, 4.69) is 11.4 Å². The molecule has 0 aliphatic heterocycles. The van der Waals surface area contributed by atoms with E-state index in [9.17, 15) is 5.11 Å². The Balaban J connectivity index is 1.96. The van der Waals surface area contributed by atoms with Crippen molar-refractivity contribution in [2.45, 2.75) is 19.5 Å². The zero-order chi connectivity index (χ0) is 13.0. The van der Waals surface area contributed by atoms with Crippen LogP contribution in [-0.4, -0.2) is 5.11 Å². The molecule has 0 bridgehead atoms. The lowest BCUT2D eigenvalue weighted by Gasteiger charge is -2.13. The predicted octanol–water partition coefficient (Wildman–Crippen LogP) is 3.18. The van der Waals surface area contributed by atoms with E-state index in [1.54, 1.807) is 12.1 Å². The average molecular weight is 258 g/mol. The van der Waals surface area contributed by atoms with Crippen molar-refractivity contribution in [3.8, 4) is 11.8 Å². The van der Waals surface area contributed by atoms with E-state index in [1.165, 1.54) is 11.3 Å². The van der Waals surface area contributed by atoms with E-state index >= 15 is 0 Å². The summed E-state index contributed by atoms with van der Waals surface area (Å²) in [6.07, 6.45) is 0. The van der Waals surface area contributed by atoms with Gasteiger partial charge in [0.15, 0.2) is 0 Å². The third-order valence-corrected chi connectivity index (χ3v) is 3.71. The highest BCUT2D eigenvalue weighted by Gasteiger charge is 2.06. The first-order valence-electron chi connectivity index (χ1n) is 5.70. The van der Waals surface area contributed by atoms with Crippen LogP contribution in [0.15, 0.2) is 36.4 Å². The molecule has 1 unspecified atom stereocenters. The van der Waals surface area contributed by atoms with Crippen LogP contribution in [-0.2, 0) is 6.54 Å². The van der Waals surface area contributed by atoms with E-state index in [4.69, 9.17) is 5.26 Å². The number of phenols is 1. The molecule has 3 nitrogen and oxygen atoms in total. The number of hydrogen-bond acceptors (Lipinski definition) is 4. The second kappa shape index (κ2) is 5.67. The summed E-state index contributed by atoms with van der Waals surface area (Å²) in [6, 6.07) is 13.3. The van der Waals surface area contributed by atoms with Gasteiger partial charge in [0, 0.05) is 17.5 Å². The Kier molecular flexibility index (Phi) is 3.98. The SMILES string of the molecule is CC(NCc1ccc(C#N)s1)c1cccc(O)c1. The number of thiophene rings is 1. The van der Waals surface area contributed by atoms with Gasteiger partial charge >= 0.3 is 0 Å². The molecule has 92 valence electrons. The maximum absolute atomic E-state index is 9.42. The van der Waals surface area contributed by atoms with Gasteiger partial charge in [0.2, 0.25) is 0 Å². The Morgan fingerprint density at radius 1 is 1.39 bits per heavy atom. The molecule has 18 heavy (non-hydrogen) atoms. The smallest absolute Gasteiger partial charge is 0.115 e. The van der Waals surface area contributed by atoms with Crippen LogP contribution in [0.25, 0.3) is 0 Å². The van der Waals surface area contributed by atoms with E-state index in [-0.39, 0.29) is 11.8 Å². The van der Waals surface area contributed by atoms with E-state index in [0.717, 1.165) is 21.9 Å². The van der Waals surface area contributed by atoms with Crippen molar-refractivity contribution < 1.29 is 5.11 Å². The second-order valence-corrected chi connectivity index (χ2v) is 5.24. The Morgan fingerprint density at radius 2 is 2.22 bits per heavy atom. The predicted molar refractivity (Wildman–Crippen MR) is 72.4 cm³/mol. The summed E-state index contributed by atoms with van der Waals surface area (Å²) < 4.78 is 0. The molecule has 2 aromatic rings. The molecule has 1 aromatic heterocycles. The number of aromatic hydroxyl groups is 1. The van der Waals surface area contributed by atoms with Crippen LogP contribution in [0.4, 0.5) is 0 Å². The molecule has 0 spiro atoms.